The number of nitrogens with one attached hydrogen (secondary N) is 1. The number of nitrogens with zero attached hydrogens (tertiary/aromatic N) is 4. The lowest BCUT2D eigenvalue weighted by atomic mass is 10.2. The van der Waals surface area contributed by atoms with Crippen molar-refractivity contribution in [2.45, 2.75) is 0 Å². The van der Waals surface area contributed by atoms with Crippen LogP contribution in [0.15, 0.2) is 36.2 Å². The molecule has 138 valence electrons. The molecule has 1 fully saturated rings. The van der Waals surface area contributed by atoms with Crippen molar-refractivity contribution in [3.05, 3.63) is 51.8 Å². The number of amides is 1. The van der Waals surface area contributed by atoms with Crippen molar-refractivity contribution in [1.29, 1.82) is 5.26 Å². The molecule has 1 aromatic heterocycles. The van der Waals surface area contributed by atoms with E-state index in [9.17, 15) is 10.1 Å². The van der Waals surface area contributed by atoms with Crippen LogP contribution < -0.4 is 10.2 Å². The lowest BCUT2D eigenvalue weighted by Gasteiger charge is -2.26. The third-order valence-corrected chi connectivity index (χ3v) is 4.37. The van der Waals surface area contributed by atoms with Crippen molar-refractivity contribution in [1.82, 2.24) is 9.97 Å². The van der Waals surface area contributed by atoms with E-state index in [-0.39, 0.29) is 5.57 Å². The van der Waals surface area contributed by atoms with Crippen molar-refractivity contribution in [2.75, 3.05) is 36.5 Å². The van der Waals surface area contributed by atoms with Crippen molar-refractivity contribution in [2.24, 2.45) is 0 Å². The average molecular weight is 404 g/mol. The second-order valence-electron chi connectivity index (χ2n) is 5.66. The van der Waals surface area contributed by atoms with E-state index >= 15 is 0 Å². The maximum atomic E-state index is 12.4. The van der Waals surface area contributed by atoms with Gasteiger partial charge in [-0.2, -0.15) is 5.26 Å². The second kappa shape index (κ2) is 8.82. The smallest absolute Gasteiger partial charge is 0.266 e. The molecule has 0 bridgehead atoms. The molecule has 9 heteroatoms. The van der Waals surface area contributed by atoms with Gasteiger partial charge in [0.15, 0.2) is 0 Å². The zero-order valence-corrected chi connectivity index (χ0v) is 15.7. The number of halogens is 2. The fourth-order valence-electron chi connectivity index (χ4n) is 2.43. The highest BCUT2D eigenvalue weighted by molar-refractivity contribution is 6.36. The minimum absolute atomic E-state index is 0.103. The fraction of sp³-hybridized carbons (Fsp3) is 0.222. The SMILES string of the molecule is N#CC(=Cc1cnc(N2CCOCC2)nc1)C(=O)Nc1cc(Cl)ccc1Cl. The summed E-state index contributed by atoms with van der Waals surface area (Å²) in [6.45, 7) is 2.72. The number of carbonyl (C=O) groups excluding carboxylic acids is 1. The fourth-order valence-corrected chi connectivity index (χ4v) is 2.77. The highest BCUT2D eigenvalue weighted by atomic mass is 35.5. The van der Waals surface area contributed by atoms with E-state index < -0.39 is 5.91 Å². The Morgan fingerprint density at radius 3 is 2.63 bits per heavy atom. The number of ether oxygens (including phenoxy) is 1. The van der Waals surface area contributed by atoms with Gasteiger partial charge in [0.2, 0.25) is 5.95 Å². The Morgan fingerprint density at radius 2 is 1.96 bits per heavy atom. The third-order valence-electron chi connectivity index (χ3n) is 3.80. The standard InChI is InChI=1S/C18H15Cl2N5O2/c19-14-1-2-15(20)16(8-14)24-17(26)13(9-21)7-12-10-22-18(23-11-12)25-3-5-27-6-4-25/h1-2,7-8,10-11H,3-6H2,(H,24,26). The molecular weight excluding hydrogens is 389 g/mol. The number of nitriles is 1. The van der Waals surface area contributed by atoms with Gasteiger partial charge in [0, 0.05) is 36.1 Å². The highest BCUT2D eigenvalue weighted by Gasteiger charge is 2.15. The van der Waals surface area contributed by atoms with Gasteiger partial charge in [0.25, 0.3) is 5.91 Å². The van der Waals surface area contributed by atoms with Crippen LogP contribution in [0, 0.1) is 11.3 Å². The average Bonchev–Trinajstić information content (AvgIpc) is 2.70. The molecule has 1 N–H and O–H groups in total. The number of hydrogen-bond acceptors (Lipinski definition) is 6. The normalized spacial score (nSPS) is 14.6. The molecule has 1 aromatic carbocycles. The zero-order chi connectivity index (χ0) is 19.2. The maximum Gasteiger partial charge on any atom is 0.266 e. The van der Waals surface area contributed by atoms with Crippen LogP contribution in [0.2, 0.25) is 10.0 Å². The predicted molar refractivity (Wildman–Crippen MR) is 104 cm³/mol. The number of benzene rings is 1. The first-order valence-electron chi connectivity index (χ1n) is 8.10. The second-order valence-corrected chi connectivity index (χ2v) is 6.51. The molecule has 0 atom stereocenters. The van der Waals surface area contributed by atoms with Gasteiger partial charge in [-0.3, -0.25) is 4.79 Å². The van der Waals surface area contributed by atoms with Crippen LogP contribution in [0.4, 0.5) is 11.6 Å². The predicted octanol–water partition coefficient (Wildman–Crippen LogP) is 3.17. The summed E-state index contributed by atoms with van der Waals surface area (Å²) in [6.07, 6.45) is 4.54. The quantitative estimate of drug-likeness (QED) is 0.622. The maximum absolute atomic E-state index is 12.4. The molecule has 0 spiro atoms. The van der Waals surface area contributed by atoms with Crippen LogP contribution in [0.3, 0.4) is 0 Å². The molecule has 3 rings (SSSR count). The summed E-state index contributed by atoms with van der Waals surface area (Å²) in [5.41, 5.74) is 0.763. The van der Waals surface area contributed by atoms with Gasteiger partial charge >= 0.3 is 0 Å². The molecule has 0 unspecified atom stereocenters. The summed E-state index contributed by atoms with van der Waals surface area (Å²) in [4.78, 5) is 23.0. The number of aromatic nitrogens is 2. The first-order chi connectivity index (χ1) is 13.1. The summed E-state index contributed by atoms with van der Waals surface area (Å²) in [6, 6.07) is 6.55. The molecule has 2 aromatic rings. The van der Waals surface area contributed by atoms with E-state index in [1.54, 1.807) is 24.5 Å². The van der Waals surface area contributed by atoms with Crippen molar-refractivity contribution < 1.29 is 9.53 Å². The number of morpholine rings is 1. The molecule has 0 radical (unpaired) electrons. The summed E-state index contributed by atoms with van der Waals surface area (Å²) >= 11 is 11.9. The van der Waals surface area contributed by atoms with Gasteiger partial charge in [0.1, 0.15) is 11.6 Å². The molecule has 1 saturated heterocycles. The first-order valence-corrected chi connectivity index (χ1v) is 8.85. The summed E-state index contributed by atoms with van der Waals surface area (Å²) < 4.78 is 5.30. The van der Waals surface area contributed by atoms with Gasteiger partial charge < -0.3 is 15.0 Å². The van der Waals surface area contributed by atoms with E-state index in [0.717, 1.165) is 13.1 Å². The summed E-state index contributed by atoms with van der Waals surface area (Å²) in [5, 5.41) is 12.6. The molecule has 7 nitrogen and oxygen atoms in total. The van der Waals surface area contributed by atoms with Crippen LogP contribution in [0.1, 0.15) is 5.56 Å². The van der Waals surface area contributed by atoms with E-state index in [1.165, 1.54) is 12.1 Å². The van der Waals surface area contributed by atoms with Crippen LogP contribution >= 0.6 is 23.2 Å². The van der Waals surface area contributed by atoms with Crippen LogP contribution in [0.5, 0.6) is 0 Å². The van der Waals surface area contributed by atoms with Crippen molar-refractivity contribution in [3.8, 4) is 6.07 Å². The topological polar surface area (TPSA) is 91.1 Å². The number of anilines is 2. The molecule has 0 aliphatic carbocycles. The van der Waals surface area contributed by atoms with Crippen LogP contribution in [-0.4, -0.2) is 42.2 Å². The van der Waals surface area contributed by atoms with Gasteiger partial charge in [-0.05, 0) is 24.3 Å². The van der Waals surface area contributed by atoms with Crippen LogP contribution in [-0.2, 0) is 9.53 Å². The molecule has 1 aliphatic heterocycles. The molecule has 27 heavy (non-hydrogen) atoms. The summed E-state index contributed by atoms with van der Waals surface area (Å²) in [5.74, 6) is -0.0111. The summed E-state index contributed by atoms with van der Waals surface area (Å²) in [7, 11) is 0. The Morgan fingerprint density at radius 1 is 1.26 bits per heavy atom. The Hall–Kier alpha value is -2.66. The van der Waals surface area contributed by atoms with E-state index in [1.807, 2.05) is 11.0 Å². The minimum Gasteiger partial charge on any atom is -0.378 e. The number of carbonyl (C=O) groups is 1. The Labute approximate surface area is 166 Å². The van der Waals surface area contributed by atoms with Crippen LogP contribution in [0.25, 0.3) is 6.08 Å². The van der Waals surface area contributed by atoms with Crippen molar-refractivity contribution in [3.63, 3.8) is 0 Å². The lowest BCUT2D eigenvalue weighted by molar-refractivity contribution is -0.112. The van der Waals surface area contributed by atoms with E-state index in [4.69, 9.17) is 27.9 Å². The number of rotatable bonds is 4. The number of hydrogen-bond donors (Lipinski definition) is 1. The zero-order valence-electron chi connectivity index (χ0n) is 14.2. The largest absolute Gasteiger partial charge is 0.378 e. The van der Waals surface area contributed by atoms with E-state index in [0.29, 0.717) is 40.5 Å². The van der Waals surface area contributed by atoms with Gasteiger partial charge in [0.05, 0.1) is 23.9 Å². The first kappa shape index (κ1) is 19.1. The van der Waals surface area contributed by atoms with Gasteiger partial charge in [-0.15, -0.1) is 0 Å². The Bertz CT molecular complexity index is 903. The van der Waals surface area contributed by atoms with Gasteiger partial charge in [-0.25, -0.2) is 9.97 Å². The van der Waals surface area contributed by atoms with Crippen molar-refractivity contribution >= 4 is 46.8 Å². The Kier molecular flexibility index (Phi) is 6.24. The Balaban J connectivity index is 1.74. The lowest BCUT2D eigenvalue weighted by Crippen LogP contribution is -2.37. The molecule has 2 heterocycles. The molecule has 1 aliphatic rings. The molecule has 0 saturated carbocycles. The van der Waals surface area contributed by atoms with Gasteiger partial charge in [-0.1, -0.05) is 23.2 Å². The minimum atomic E-state index is -0.598. The third kappa shape index (κ3) is 4.95. The molecule has 1 amide bonds. The van der Waals surface area contributed by atoms with E-state index in [2.05, 4.69) is 15.3 Å². The monoisotopic (exact) mass is 403 g/mol. The molecular formula is C18H15Cl2N5O2. The highest BCUT2D eigenvalue weighted by Crippen LogP contribution is 2.26.